The maximum Gasteiger partial charge on any atom is 0.306 e. The van der Waals surface area contributed by atoms with E-state index in [1.54, 1.807) is 0 Å². The highest BCUT2D eigenvalue weighted by molar-refractivity contribution is 9.09. The number of rotatable bonds is 40. The van der Waals surface area contributed by atoms with Gasteiger partial charge >= 0.3 is 17.9 Å². The van der Waals surface area contributed by atoms with Crippen molar-refractivity contribution in [2.45, 2.75) is 225 Å². The number of ether oxygens (including phenoxy) is 3. The number of carbonyl (C=O) groups excluding carboxylic acids is 3. The Bertz CT molecular complexity index is 801. The Labute approximate surface area is 329 Å². The number of unbranched alkanes of at least 4 members (excludes halogenated alkanes) is 24. The monoisotopic (exact) mass is 797 g/mol. The predicted octanol–water partition coefficient (Wildman–Crippen LogP) is 14.0. The molecule has 0 aromatic heterocycles. The second kappa shape index (κ2) is 42.1. The lowest BCUT2D eigenvalue weighted by Crippen LogP contribution is -2.30. The van der Waals surface area contributed by atoms with E-state index < -0.39 is 6.10 Å². The van der Waals surface area contributed by atoms with Gasteiger partial charge in [0.15, 0.2) is 6.10 Å². The molecule has 0 heterocycles. The summed E-state index contributed by atoms with van der Waals surface area (Å²) < 4.78 is 16.5. The van der Waals surface area contributed by atoms with E-state index in [0.29, 0.717) is 19.3 Å². The molecule has 0 N–H and O–H groups in total. The van der Waals surface area contributed by atoms with Crippen LogP contribution in [0.2, 0.25) is 0 Å². The second-order valence-corrected chi connectivity index (χ2v) is 15.4. The lowest BCUT2D eigenvalue weighted by atomic mass is 10.1. The minimum Gasteiger partial charge on any atom is -0.462 e. The van der Waals surface area contributed by atoms with E-state index in [0.717, 1.165) is 76.0 Å². The smallest absolute Gasteiger partial charge is 0.306 e. The summed E-state index contributed by atoms with van der Waals surface area (Å²) in [5.74, 6) is -0.938. The van der Waals surface area contributed by atoms with Gasteiger partial charge in [-0.3, -0.25) is 14.4 Å². The molecule has 0 aromatic carbocycles. The molecule has 0 radical (unpaired) electrons. The summed E-state index contributed by atoms with van der Waals surface area (Å²) in [5, 5.41) is 0.907. The topological polar surface area (TPSA) is 78.9 Å². The van der Waals surface area contributed by atoms with E-state index in [1.165, 1.54) is 116 Å². The quantitative estimate of drug-likeness (QED) is 0.0202. The van der Waals surface area contributed by atoms with Crippen LogP contribution >= 0.6 is 15.9 Å². The molecule has 7 heteroatoms. The molecule has 0 saturated heterocycles. The summed E-state index contributed by atoms with van der Waals surface area (Å²) in [6.45, 7) is 4.35. The van der Waals surface area contributed by atoms with Crippen LogP contribution in [0.5, 0.6) is 0 Å². The van der Waals surface area contributed by atoms with Crippen molar-refractivity contribution in [3.63, 3.8) is 0 Å². The Hall–Kier alpha value is -1.63. The van der Waals surface area contributed by atoms with Crippen molar-refractivity contribution in [3.05, 3.63) is 24.3 Å². The Morgan fingerprint density at radius 1 is 0.423 bits per heavy atom. The molecule has 0 fully saturated rings. The zero-order valence-corrected chi connectivity index (χ0v) is 35.5. The first-order valence-corrected chi connectivity index (χ1v) is 23.0. The third-order valence-corrected chi connectivity index (χ3v) is 10.0. The fraction of sp³-hybridized carbons (Fsp3) is 0.844. The first-order valence-electron chi connectivity index (χ1n) is 21.9. The van der Waals surface area contributed by atoms with E-state index >= 15 is 0 Å². The molecule has 0 unspecified atom stereocenters. The van der Waals surface area contributed by atoms with Gasteiger partial charge in [0.1, 0.15) is 13.2 Å². The van der Waals surface area contributed by atoms with Crippen LogP contribution in [0.4, 0.5) is 0 Å². The van der Waals surface area contributed by atoms with Crippen molar-refractivity contribution >= 4 is 33.8 Å². The molecule has 0 aromatic rings. The van der Waals surface area contributed by atoms with Crippen molar-refractivity contribution in [2.75, 3.05) is 18.5 Å². The van der Waals surface area contributed by atoms with Crippen molar-refractivity contribution in [1.29, 1.82) is 0 Å². The molecular formula is C45H81BrO6. The van der Waals surface area contributed by atoms with Crippen LogP contribution in [-0.4, -0.2) is 42.6 Å². The number of carbonyl (C=O) groups is 3. The molecule has 0 amide bonds. The van der Waals surface area contributed by atoms with Gasteiger partial charge in [0.25, 0.3) is 0 Å². The third kappa shape index (κ3) is 39.6. The van der Waals surface area contributed by atoms with Gasteiger partial charge < -0.3 is 14.2 Å². The maximum atomic E-state index is 12.4. The maximum absolute atomic E-state index is 12.4. The van der Waals surface area contributed by atoms with Gasteiger partial charge in [0.05, 0.1) is 0 Å². The third-order valence-electron chi connectivity index (χ3n) is 9.46. The predicted molar refractivity (Wildman–Crippen MR) is 223 cm³/mol. The van der Waals surface area contributed by atoms with E-state index in [4.69, 9.17) is 14.2 Å². The fourth-order valence-corrected chi connectivity index (χ4v) is 6.49. The Kier molecular flexibility index (Phi) is 40.8. The average molecular weight is 798 g/mol. The molecular weight excluding hydrogens is 716 g/mol. The lowest BCUT2D eigenvalue weighted by molar-refractivity contribution is -0.167. The standard InChI is InChI=1S/C45H81BrO6/c1-3-5-7-9-11-13-15-17-19-21-23-25-27-29-32-36-43(47)50-40-42(52-45(49)38-34-31-35-39-46)41-51-44(48)37-33-30-28-26-24-22-20-18-16-14-12-10-8-6-4-2/h17-20,42H,3-16,21-41H2,1-2H3/b19-17-,20-18-. The molecule has 0 aliphatic carbocycles. The van der Waals surface area contributed by atoms with Crippen LogP contribution in [0, 0.1) is 0 Å². The molecule has 0 saturated carbocycles. The highest BCUT2D eigenvalue weighted by Gasteiger charge is 2.19. The summed E-state index contributed by atoms with van der Waals surface area (Å²) in [4.78, 5) is 37.3. The number of allylic oxidation sites excluding steroid dienone is 4. The highest BCUT2D eigenvalue weighted by atomic mass is 79.9. The van der Waals surface area contributed by atoms with E-state index in [-0.39, 0.29) is 31.1 Å². The van der Waals surface area contributed by atoms with Crippen molar-refractivity contribution in [2.24, 2.45) is 0 Å². The zero-order valence-electron chi connectivity index (χ0n) is 34.0. The summed E-state index contributed by atoms with van der Waals surface area (Å²) in [5.41, 5.74) is 0. The first kappa shape index (κ1) is 50.4. The summed E-state index contributed by atoms with van der Waals surface area (Å²) in [6, 6.07) is 0. The zero-order chi connectivity index (χ0) is 38.0. The Morgan fingerprint density at radius 3 is 1.10 bits per heavy atom. The Morgan fingerprint density at radius 2 is 0.731 bits per heavy atom. The van der Waals surface area contributed by atoms with Gasteiger partial charge in [0.2, 0.25) is 0 Å². The van der Waals surface area contributed by atoms with E-state index in [9.17, 15) is 14.4 Å². The molecule has 0 atom stereocenters. The van der Waals surface area contributed by atoms with Crippen LogP contribution in [0.25, 0.3) is 0 Å². The molecule has 0 aliphatic rings. The molecule has 0 bridgehead atoms. The summed E-state index contributed by atoms with van der Waals surface area (Å²) in [6.07, 6.45) is 43.6. The summed E-state index contributed by atoms with van der Waals surface area (Å²) >= 11 is 3.41. The van der Waals surface area contributed by atoms with Gasteiger partial charge in [-0.05, 0) is 77.0 Å². The number of halogens is 1. The van der Waals surface area contributed by atoms with Crippen LogP contribution in [0.3, 0.4) is 0 Å². The lowest BCUT2D eigenvalue weighted by Gasteiger charge is -2.18. The second-order valence-electron chi connectivity index (χ2n) is 14.6. The van der Waals surface area contributed by atoms with Crippen LogP contribution < -0.4 is 0 Å². The highest BCUT2D eigenvalue weighted by Crippen LogP contribution is 2.13. The number of esters is 3. The largest absolute Gasteiger partial charge is 0.462 e. The van der Waals surface area contributed by atoms with Crippen molar-refractivity contribution in [1.82, 2.24) is 0 Å². The minimum absolute atomic E-state index is 0.0856. The average Bonchev–Trinajstić information content (AvgIpc) is 3.14. The first-order chi connectivity index (χ1) is 25.5. The van der Waals surface area contributed by atoms with Crippen LogP contribution in [0.1, 0.15) is 219 Å². The SMILES string of the molecule is CCCCCCCC/C=C\CCCCCCCC(=O)OCC(COC(=O)CCCCCCC/C=C\CCCCCCCC)OC(=O)CCCCCBr. The van der Waals surface area contributed by atoms with Gasteiger partial charge in [-0.25, -0.2) is 0 Å². The van der Waals surface area contributed by atoms with Crippen LogP contribution in [-0.2, 0) is 28.6 Å². The van der Waals surface area contributed by atoms with Gasteiger partial charge in [0, 0.05) is 24.6 Å². The van der Waals surface area contributed by atoms with Gasteiger partial charge in [-0.2, -0.15) is 0 Å². The van der Waals surface area contributed by atoms with Crippen molar-refractivity contribution < 1.29 is 28.6 Å². The number of hydrogen-bond donors (Lipinski definition) is 0. The number of hydrogen-bond acceptors (Lipinski definition) is 6. The molecule has 52 heavy (non-hydrogen) atoms. The van der Waals surface area contributed by atoms with E-state index in [2.05, 4.69) is 54.1 Å². The van der Waals surface area contributed by atoms with Gasteiger partial charge in [-0.1, -0.05) is 163 Å². The minimum atomic E-state index is -0.778. The molecule has 0 aliphatic heterocycles. The van der Waals surface area contributed by atoms with Crippen molar-refractivity contribution in [3.8, 4) is 0 Å². The molecule has 304 valence electrons. The fourth-order valence-electron chi connectivity index (χ4n) is 6.10. The Balaban J connectivity index is 4.14. The normalized spacial score (nSPS) is 11.6. The summed E-state index contributed by atoms with van der Waals surface area (Å²) in [7, 11) is 0. The van der Waals surface area contributed by atoms with E-state index in [1.807, 2.05) is 0 Å². The molecule has 0 spiro atoms. The number of alkyl halides is 1. The molecule has 6 nitrogen and oxygen atoms in total. The van der Waals surface area contributed by atoms with Crippen LogP contribution in [0.15, 0.2) is 24.3 Å². The molecule has 0 rings (SSSR count). The van der Waals surface area contributed by atoms with Gasteiger partial charge in [-0.15, -0.1) is 0 Å².